The maximum Gasteiger partial charge on any atom is 0.247 e. The normalized spacial score (nSPS) is 16.4. The summed E-state index contributed by atoms with van der Waals surface area (Å²) in [6.07, 6.45) is 1.48. The highest BCUT2D eigenvalue weighted by molar-refractivity contribution is 8.14. The van der Waals surface area contributed by atoms with Crippen LogP contribution >= 0.6 is 11.8 Å². The summed E-state index contributed by atoms with van der Waals surface area (Å²) in [6.45, 7) is 0. The van der Waals surface area contributed by atoms with E-state index >= 15 is 0 Å². The van der Waals surface area contributed by atoms with E-state index in [2.05, 4.69) is 10.2 Å². The number of thioether (sulfide) groups is 1. The van der Waals surface area contributed by atoms with Crippen LogP contribution in [0.3, 0.4) is 0 Å². The van der Waals surface area contributed by atoms with Gasteiger partial charge in [-0.3, -0.25) is 9.59 Å². The van der Waals surface area contributed by atoms with Crippen molar-refractivity contribution in [1.29, 1.82) is 0 Å². The fraction of sp³-hybridized carbons (Fsp3) is 0.273. The van der Waals surface area contributed by atoms with E-state index in [1.54, 1.807) is 43.5 Å². The van der Waals surface area contributed by atoms with Gasteiger partial charge >= 0.3 is 0 Å². The Hall–Kier alpha value is -3.73. The predicted molar refractivity (Wildman–Crippen MR) is 127 cm³/mol. The van der Waals surface area contributed by atoms with Gasteiger partial charge in [0.1, 0.15) is 11.0 Å². The summed E-state index contributed by atoms with van der Waals surface area (Å²) in [4.78, 5) is 26.3. The Morgan fingerprint density at radius 1 is 1.03 bits per heavy atom. The van der Waals surface area contributed by atoms with Crippen molar-refractivity contribution in [3.05, 3.63) is 42.0 Å². The number of methoxy groups -OCH3 is 4. The van der Waals surface area contributed by atoms with Crippen molar-refractivity contribution in [2.75, 3.05) is 33.3 Å². The van der Waals surface area contributed by atoms with E-state index in [1.807, 2.05) is 0 Å². The fourth-order valence-corrected chi connectivity index (χ4v) is 4.01. The molecule has 174 valence electrons. The highest BCUT2D eigenvalue weighted by Crippen LogP contribution is 2.37. The molecule has 0 aliphatic carbocycles. The Kier molecular flexibility index (Phi) is 7.78. The van der Waals surface area contributed by atoms with Gasteiger partial charge < -0.3 is 24.7 Å². The number of hydrogen-bond acceptors (Lipinski definition) is 9. The van der Waals surface area contributed by atoms with Crippen LogP contribution in [0.25, 0.3) is 0 Å². The van der Waals surface area contributed by atoms with Crippen molar-refractivity contribution in [3.8, 4) is 23.0 Å². The zero-order chi connectivity index (χ0) is 24.0. The number of benzene rings is 2. The molecule has 0 spiro atoms. The number of ether oxygens (including phenoxy) is 4. The van der Waals surface area contributed by atoms with Gasteiger partial charge in [0.2, 0.25) is 17.6 Å². The van der Waals surface area contributed by atoms with Crippen LogP contribution in [0.15, 0.2) is 46.6 Å². The van der Waals surface area contributed by atoms with Crippen molar-refractivity contribution >= 4 is 40.6 Å². The van der Waals surface area contributed by atoms with Crippen molar-refractivity contribution < 1.29 is 28.5 Å². The smallest absolute Gasteiger partial charge is 0.247 e. The lowest BCUT2D eigenvalue weighted by Gasteiger charge is -2.15. The Morgan fingerprint density at radius 3 is 2.21 bits per heavy atom. The average Bonchev–Trinajstić information content (AvgIpc) is 3.10. The standard InChI is InChI=1S/C22H24N4O6S/c1-29-15-7-5-14(6-8-15)26-19(27)11-18(21(26)28)33-22(23)25-24-12-13-9-16(30-2)20(32-4)17(10-13)31-3/h5-10,12,18H,11H2,1-4H3,(H2,23,25)/b24-12-/t18-/m1/s1. The first kappa shape index (κ1) is 23.9. The third-order valence-corrected chi connectivity index (χ3v) is 5.72. The third kappa shape index (κ3) is 5.37. The summed E-state index contributed by atoms with van der Waals surface area (Å²) in [5, 5.41) is 7.28. The van der Waals surface area contributed by atoms with Crippen molar-refractivity contribution in [2.45, 2.75) is 11.7 Å². The van der Waals surface area contributed by atoms with E-state index < -0.39 is 5.25 Å². The van der Waals surface area contributed by atoms with Gasteiger partial charge in [0.15, 0.2) is 16.7 Å². The zero-order valence-electron chi connectivity index (χ0n) is 18.6. The molecule has 1 aliphatic heterocycles. The van der Waals surface area contributed by atoms with Gasteiger partial charge in [-0.15, -0.1) is 5.10 Å². The largest absolute Gasteiger partial charge is 0.497 e. The molecule has 33 heavy (non-hydrogen) atoms. The molecule has 1 atom stereocenters. The first-order valence-corrected chi connectivity index (χ1v) is 10.6. The number of hydrogen-bond donors (Lipinski definition) is 1. The van der Waals surface area contributed by atoms with E-state index in [9.17, 15) is 9.59 Å². The summed E-state index contributed by atoms with van der Waals surface area (Å²) in [5.41, 5.74) is 7.06. The topological polar surface area (TPSA) is 125 Å². The second-order valence-electron chi connectivity index (χ2n) is 6.72. The third-order valence-electron chi connectivity index (χ3n) is 4.75. The number of nitrogens with two attached hydrogens (primary N) is 1. The van der Waals surface area contributed by atoms with E-state index in [-0.39, 0.29) is 23.4 Å². The van der Waals surface area contributed by atoms with Gasteiger partial charge in [-0.25, -0.2) is 4.90 Å². The summed E-state index contributed by atoms with van der Waals surface area (Å²) >= 11 is 0.990. The summed E-state index contributed by atoms with van der Waals surface area (Å²) < 4.78 is 21.0. The lowest BCUT2D eigenvalue weighted by atomic mass is 10.2. The second-order valence-corrected chi connectivity index (χ2v) is 7.94. The van der Waals surface area contributed by atoms with Gasteiger partial charge in [-0.1, -0.05) is 11.8 Å². The highest BCUT2D eigenvalue weighted by atomic mass is 32.2. The minimum absolute atomic E-state index is 0.0162. The van der Waals surface area contributed by atoms with Gasteiger partial charge in [-0.2, -0.15) is 5.10 Å². The van der Waals surface area contributed by atoms with Crippen molar-refractivity contribution in [1.82, 2.24) is 0 Å². The number of anilines is 1. The van der Waals surface area contributed by atoms with Crippen LogP contribution in [0.1, 0.15) is 12.0 Å². The van der Waals surface area contributed by atoms with Gasteiger partial charge in [0.25, 0.3) is 0 Å². The maximum atomic E-state index is 12.8. The van der Waals surface area contributed by atoms with E-state index in [0.717, 1.165) is 16.7 Å². The molecule has 0 bridgehead atoms. The fourth-order valence-electron chi connectivity index (χ4n) is 3.20. The maximum absolute atomic E-state index is 12.8. The lowest BCUT2D eigenvalue weighted by molar-refractivity contribution is -0.121. The number of carbonyl (C=O) groups excluding carboxylic acids is 2. The summed E-state index contributed by atoms with van der Waals surface area (Å²) in [6, 6.07) is 10.1. The number of rotatable bonds is 8. The average molecular weight is 473 g/mol. The first-order valence-electron chi connectivity index (χ1n) is 9.75. The molecule has 1 saturated heterocycles. The summed E-state index contributed by atoms with van der Waals surface area (Å²) in [5.74, 6) is 1.36. The molecule has 1 heterocycles. The summed E-state index contributed by atoms with van der Waals surface area (Å²) in [7, 11) is 6.08. The minimum atomic E-state index is -0.681. The highest BCUT2D eigenvalue weighted by Gasteiger charge is 2.40. The van der Waals surface area contributed by atoms with Crippen LogP contribution < -0.4 is 29.6 Å². The van der Waals surface area contributed by atoms with E-state index in [4.69, 9.17) is 24.7 Å². The second kappa shape index (κ2) is 10.7. The van der Waals surface area contributed by atoms with E-state index in [0.29, 0.717) is 34.2 Å². The molecular weight excluding hydrogens is 448 g/mol. The minimum Gasteiger partial charge on any atom is -0.497 e. The SMILES string of the molecule is COc1ccc(N2C(=O)C[C@@H](SC(N)=N/N=C\c3cc(OC)c(OC)c(OC)c3)C2=O)cc1. The molecule has 1 aliphatic rings. The zero-order valence-corrected chi connectivity index (χ0v) is 19.4. The van der Waals surface area contributed by atoms with Crippen LogP contribution in [0.4, 0.5) is 5.69 Å². The molecular formula is C22H24N4O6S. The number of amidine groups is 1. The van der Waals surface area contributed by atoms with Crippen LogP contribution in [-0.2, 0) is 9.59 Å². The number of carbonyl (C=O) groups is 2. The molecule has 3 rings (SSSR count). The van der Waals surface area contributed by atoms with Crippen LogP contribution in [0, 0.1) is 0 Å². The Labute approximate surface area is 195 Å². The molecule has 0 radical (unpaired) electrons. The predicted octanol–water partition coefficient (Wildman–Crippen LogP) is 2.43. The van der Waals surface area contributed by atoms with Crippen molar-refractivity contribution in [3.63, 3.8) is 0 Å². The molecule has 2 aromatic carbocycles. The molecule has 2 amide bonds. The Bertz CT molecular complexity index is 1060. The van der Waals surface area contributed by atoms with Gasteiger partial charge in [-0.05, 0) is 36.4 Å². The quantitative estimate of drug-likeness (QED) is 0.269. The molecule has 0 aromatic heterocycles. The van der Waals surface area contributed by atoms with Crippen LogP contribution in [0.5, 0.6) is 23.0 Å². The van der Waals surface area contributed by atoms with Gasteiger partial charge in [0.05, 0.1) is 40.3 Å². The Balaban J connectivity index is 1.69. The monoisotopic (exact) mass is 472 g/mol. The van der Waals surface area contributed by atoms with Crippen molar-refractivity contribution in [2.24, 2.45) is 15.9 Å². The number of nitrogens with zero attached hydrogens (tertiary/aromatic N) is 3. The number of amides is 2. The van der Waals surface area contributed by atoms with Crippen LogP contribution in [0.2, 0.25) is 0 Å². The van der Waals surface area contributed by atoms with Crippen LogP contribution in [-0.4, -0.2) is 56.9 Å². The number of imide groups is 1. The molecule has 10 nitrogen and oxygen atoms in total. The Morgan fingerprint density at radius 2 is 1.67 bits per heavy atom. The lowest BCUT2D eigenvalue weighted by Crippen LogP contribution is -2.31. The molecule has 0 unspecified atom stereocenters. The first-order chi connectivity index (χ1) is 15.9. The molecule has 11 heteroatoms. The van der Waals surface area contributed by atoms with E-state index in [1.165, 1.54) is 27.5 Å². The molecule has 2 aromatic rings. The molecule has 1 fully saturated rings. The molecule has 2 N–H and O–H groups in total. The van der Waals surface area contributed by atoms with Gasteiger partial charge in [0, 0.05) is 12.0 Å². The molecule has 0 saturated carbocycles.